The van der Waals surface area contributed by atoms with Crippen LogP contribution in [0.25, 0.3) is 0 Å². The first-order valence-electron chi connectivity index (χ1n) is 5.80. The van der Waals surface area contributed by atoms with Crippen LogP contribution < -0.4 is 9.47 Å². The first-order chi connectivity index (χ1) is 10.0. The van der Waals surface area contributed by atoms with Crippen molar-refractivity contribution in [2.75, 3.05) is 7.11 Å². The van der Waals surface area contributed by atoms with Gasteiger partial charge in [0.1, 0.15) is 0 Å². The minimum absolute atomic E-state index is 0.0677. The molecular weight excluding hydrogens is 313 g/mol. The summed E-state index contributed by atoms with van der Waals surface area (Å²) >= 11 is 11.8. The lowest BCUT2D eigenvalue weighted by Gasteiger charge is -2.11. The summed E-state index contributed by atoms with van der Waals surface area (Å²) in [6.07, 6.45) is 0. The highest BCUT2D eigenvalue weighted by Gasteiger charge is 2.17. The number of carbonyl (C=O) groups is 1. The van der Waals surface area contributed by atoms with Gasteiger partial charge in [0, 0.05) is 11.1 Å². The summed E-state index contributed by atoms with van der Waals surface area (Å²) in [7, 11) is 1.40. The summed E-state index contributed by atoms with van der Waals surface area (Å²) in [5, 5.41) is 9.51. The largest absolute Gasteiger partial charge is 0.493 e. The van der Waals surface area contributed by atoms with Crippen molar-refractivity contribution >= 4 is 29.2 Å². The molecule has 0 spiro atoms. The van der Waals surface area contributed by atoms with Gasteiger partial charge in [-0.15, -0.1) is 0 Å². The van der Waals surface area contributed by atoms with Gasteiger partial charge in [0.15, 0.2) is 11.5 Å². The van der Waals surface area contributed by atoms with Crippen molar-refractivity contribution in [1.29, 1.82) is 5.26 Å². The monoisotopic (exact) mass is 321 g/mol. The molecule has 0 aliphatic rings. The first-order valence-corrected chi connectivity index (χ1v) is 6.56. The molecule has 2 aromatic rings. The van der Waals surface area contributed by atoms with Gasteiger partial charge < -0.3 is 9.47 Å². The third-order valence-electron chi connectivity index (χ3n) is 2.63. The van der Waals surface area contributed by atoms with Crippen molar-refractivity contribution in [2.45, 2.75) is 0 Å². The molecule has 0 N–H and O–H groups in total. The van der Waals surface area contributed by atoms with E-state index in [1.54, 1.807) is 12.1 Å². The van der Waals surface area contributed by atoms with E-state index in [0.29, 0.717) is 16.1 Å². The topological polar surface area (TPSA) is 59.3 Å². The van der Waals surface area contributed by atoms with Crippen LogP contribution in [0, 0.1) is 11.3 Å². The summed E-state index contributed by atoms with van der Waals surface area (Å²) in [6, 6.07) is 11.0. The maximum absolute atomic E-state index is 12.1. The molecule has 0 saturated carbocycles. The van der Waals surface area contributed by atoms with Crippen LogP contribution in [0.2, 0.25) is 10.0 Å². The highest BCUT2D eigenvalue weighted by molar-refractivity contribution is 6.32. The summed E-state index contributed by atoms with van der Waals surface area (Å²) < 4.78 is 10.3. The summed E-state index contributed by atoms with van der Waals surface area (Å²) in [5.74, 6) is -0.323. The van der Waals surface area contributed by atoms with Crippen LogP contribution in [0.5, 0.6) is 11.5 Å². The third-order valence-corrected chi connectivity index (χ3v) is 3.17. The molecule has 0 amide bonds. The fourth-order valence-corrected chi connectivity index (χ4v) is 2.00. The Morgan fingerprint density at radius 2 is 1.86 bits per heavy atom. The molecule has 0 heterocycles. The number of esters is 1. The average molecular weight is 322 g/mol. The molecule has 2 rings (SSSR count). The molecule has 6 heteroatoms. The molecule has 0 unspecified atom stereocenters. The van der Waals surface area contributed by atoms with Gasteiger partial charge in [-0.25, -0.2) is 4.79 Å². The van der Waals surface area contributed by atoms with E-state index in [2.05, 4.69) is 0 Å². The number of hydrogen-bond donors (Lipinski definition) is 0. The Hall–Kier alpha value is -2.22. The number of carbonyl (C=O) groups excluding carboxylic acids is 1. The number of hydrogen-bond acceptors (Lipinski definition) is 4. The van der Waals surface area contributed by atoms with Gasteiger partial charge in [-0.3, -0.25) is 0 Å². The van der Waals surface area contributed by atoms with E-state index >= 15 is 0 Å². The maximum Gasteiger partial charge on any atom is 0.343 e. The summed E-state index contributed by atoms with van der Waals surface area (Å²) in [5.41, 5.74) is 0.630. The Morgan fingerprint density at radius 1 is 1.19 bits per heavy atom. The standard InChI is InChI=1S/C15H9Cl2NO3/c1-20-13-7-9(8-18)6-12(17)14(13)21-15(19)10-2-4-11(16)5-3-10/h2-7H,1H3. The second-order valence-electron chi connectivity index (χ2n) is 4.00. The number of rotatable bonds is 3. The predicted octanol–water partition coefficient (Wildman–Crippen LogP) is 4.09. The van der Waals surface area contributed by atoms with E-state index in [1.807, 2.05) is 6.07 Å². The van der Waals surface area contributed by atoms with Crippen molar-refractivity contribution in [3.8, 4) is 17.6 Å². The third kappa shape index (κ3) is 3.46. The fraction of sp³-hybridized carbons (Fsp3) is 0.0667. The minimum Gasteiger partial charge on any atom is -0.493 e. The Labute approximate surface area is 131 Å². The molecular formula is C15H9Cl2NO3. The fourth-order valence-electron chi connectivity index (χ4n) is 1.62. The Balaban J connectivity index is 2.33. The normalized spacial score (nSPS) is 9.81. The molecule has 0 aromatic heterocycles. The zero-order valence-corrected chi connectivity index (χ0v) is 12.4. The summed E-state index contributed by atoms with van der Waals surface area (Å²) in [4.78, 5) is 12.1. The van der Waals surface area contributed by atoms with Crippen molar-refractivity contribution in [2.24, 2.45) is 0 Å². The van der Waals surface area contributed by atoms with Crippen LogP contribution in [0.15, 0.2) is 36.4 Å². The van der Waals surface area contributed by atoms with Crippen LogP contribution in [-0.4, -0.2) is 13.1 Å². The molecule has 0 aliphatic carbocycles. The molecule has 0 bridgehead atoms. The van der Waals surface area contributed by atoms with Crippen LogP contribution in [0.1, 0.15) is 15.9 Å². The molecule has 0 atom stereocenters. The van der Waals surface area contributed by atoms with Crippen LogP contribution in [0.4, 0.5) is 0 Å². The highest BCUT2D eigenvalue weighted by Crippen LogP contribution is 2.36. The lowest BCUT2D eigenvalue weighted by Crippen LogP contribution is -2.09. The van der Waals surface area contributed by atoms with Gasteiger partial charge in [0.2, 0.25) is 0 Å². The molecule has 2 aromatic carbocycles. The van der Waals surface area contributed by atoms with Gasteiger partial charge in [0.25, 0.3) is 0 Å². The zero-order chi connectivity index (χ0) is 15.4. The second kappa shape index (κ2) is 6.49. The van der Waals surface area contributed by atoms with Gasteiger partial charge in [-0.05, 0) is 30.3 Å². The molecule has 21 heavy (non-hydrogen) atoms. The molecule has 0 fully saturated rings. The van der Waals surface area contributed by atoms with Gasteiger partial charge in [-0.2, -0.15) is 5.26 Å². The number of nitrogens with zero attached hydrogens (tertiary/aromatic N) is 1. The molecule has 0 aliphatic heterocycles. The minimum atomic E-state index is -0.600. The smallest absolute Gasteiger partial charge is 0.343 e. The quantitative estimate of drug-likeness (QED) is 0.631. The van der Waals surface area contributed by atoms with Crippen molar-refractivity contribution in [1.82, 2.24) is 0 Å². The average Bonchev–Trinajstić information content (AvgIpc) is 2.49. The molecule has 4 nitrogen and oxygen atoms in total. The van der Waals surface area contributed by atoms with E-state index in [1.165, 1.54) is 31.4 Å². The Morgan fingerprint density at radius 3 is 2.43 bits per heavy atom. The Bertz CT molecular complexity index is 721. The van der Waals surface area contributed by atoms with Gasteiger partial charge in [-0.1, -0.05) is 23.2 Å². The number of benzene rings is 2. The molecule has 0 radical (unpaired) electrons. The van der Waals surface area contributed by atoms with Crippen molar-refractivity contribution in [3.63, 3.8) is 0 Å². The lowest BCUT2D eigenvalue weighted by atomic mass is 10.2. The predicted molar refractivity (Wildman–Crippen MR) is 79.1 cm³/mol. The highest BCUT2D eigenvalue weighted by atomic mass is 35.5. The van der Waals surface area contributed by atoms with Gasteiger partial charge in [0.05, 0.1) is 29.3 Å². The first kappa shape index (κ1) is 15.2. The van der Waals surface area contributed by atoms with Crippen LogP contribution >= 0.6 is 23.2 Å². The Kier molecular flexibility index (Phi) is 4.69. The number of halogens is 2. The zero-order valence-electron chi connectivity index (χ0n) is 10.9. The van der Waals surface area contributed by atoms with Gasteiger partial charge >= 0.3 is 5.97 Å². The maximum atomic E-state index is 12.1. The van der Waals surface area contributed by atoms with E-state index in [4.69, 9.17) is 37.9 Å². The van der Waals surface area contributed by atoms with Crippen LogP contribution in [0.3, 0.4) is 0 Å². The van der Waals surface area contributed by atoms with E-state index in [0.717, 1.165) is 0 Å². The number of methoxy groups -OCH3 is 1. The number of nitriles is 1. The molecule has 106 valence electrons. The SMILES string of the molecule is COc1cc(C#N)cc(Cl)c1OC(=O)c1ccc(Cl)cc1. The second-order valence-corrected chi connectivity index (χ2v) is 4.84. The summed E-state index contributed by atoms with van der Waals surface area (Å²) in [6.45, 7) is 0. The van der Waals surface area contributed by atoms with E-state index in [-0.39, 0.29) is 16.5 Å². The number of ether oxygens (including phenoxy) is 2. The van der Waals surface area contributed by atoms with E-state index in [9.17, 15) is 4.79 Å². The van der Waals surface area contributed by atoms with E-state index < -0.39 is 5.97 Å². The van der Waals surface area contributed by atoms with Crippen LogP contribution in [-0.2, 0) is 0 Å². The van der Waals surface area contributed by atoms with Crippen molar-refractivity contribution < 1.29 is 14.3 Å². The van der Waals surface area contributed by atoms with Crippen molar-refractivity contribution in [3.05, 3.63) is 57.6 Å². The lowest BCUT2D eigenvalue weighted by molar-refractivity contribution is 0.0730. The molecule has 0 saturated heterocycles.